The van der Waals surface area contributed by atoms with Gasteiger partial charge < -0.3 is 19.6 Å². The van der Waals surface area contributed by atoms with Crippen LogP contribution < -0.4 is 14.7 Å². The Morgan fingerprint density at radius 1 is 1.06 bits per heavy atom. The SMILES string of the molecule is Cc1cc(C(F)(F)F)cc(N2C(=O)C[C@@H]3CN(Cc4ccc5c(c4)CN(C(=O)/C(Cl)=C/CN(C)C)C5)c4c(C)cccc4N(C)C(=O)[C@H]32)n1. The van der Waals surface area contributed by atoms with E-state index >= 15 is 0 Å². The minimum absolute atomic E-state index is 0.0255. The zero-order valence-electron chi connectivity index (χ0n) is 28.0. The first-order valence-corrected chi connectivity index (χ1v) is 16.4. The fraction of sp³-hybridized carbons (Fsp3) is 0.389. The molecule has 0 aliphatic carbocycles. The number of para-hydroxylation sites is 1. The predicted molar refractivity (Wildman–Crippen MR) is 182 cm³/mol. The number of carbonyl (C=O) groups is 3. The van der Waals surface area contributed by atoms with Gasteiger partial charge in [-0.3, -0.25) is 19.3 Å². The Kier molecular flexibility index (Phi) is 9.23. The molecule has 2 atom stereocenters. The van der Waals surface area contributed by atoms with E-state index in [4.69, 9.17) is 11.6 Å². The predicted octanol–water partition coefficient (Wildman–Crippen LogP) is 5.65. The monoisotopic (exact) mass is 694 g/mol. The number of pyridine rings is 1. The van der Waals surface area contributed by atoms with Crippen LogP contribution in [0.25, 0.3) is 0 Å². The number of anilines is 3. The fourth-order valence-electron chi connectivity index (χ4n) is 7.06. The van der Waals surface area contributed by atoms with Gasteiger partial charge in [0.25, 0.3) is 5.91 Å². The lowest BCUT2D eigenvalue weighted by atomic mass is 9.94. The number of rotatable bonds is 6. The van der Waals surface area contributed by atoms with Crippen LogP contribution in [0.3, 0.4) is 0 Å². The van der Waals surface area contributed by atoms with Crippen molar-refractivity contribution in [2.45, 2.75) is 52.1 Å². The molecule has 0 N–H and O–H groups in total. The molecule has 6 rings (SSSR count). The number of aromatic nitrogens is 1. The van der Waals surface area contributed by atoms with E-state index in [0.29, 0.717) is 38.4 Å². The number of alkyl halides is 3. The van der Waals surface area contributed by atoms with Crippen LogP contribution in [0.4, 0.5) is 30.4 Å². The van der Waals surface area contributed by atoms with Crippen molar-refractivity contribution in [2.75, 3.05) is 48.9 Å². The van der Waals surface area contributed by atoms with Crippen LogP contribution in [0.5, 0.6) is 0 Å². The molecule has 0 radical (unpaired) electrons. The van der Waals surface area contributed by atoms with E-state index in [-0.39, 0.29) is 34.8 Å². The number of carbonyl (C=O) groups excluding carboxylic acids is 3. The Morgan fingerprint density at radius 3 is 2.51 bits per heavy atom. The quantitative estimate of drug-likeness (QED) is 0.311. The summed E-state index contributed by atoms with van der Waals surface area (Å²) in [5, 5.41) is 0.179. The van der Waals surface area contributed by atoms with E-state index in [0.717, 1.165) is 45.0 Å². The molecule has 0 bridgehead atoms. The van der Waals surface area contributed by atoms with E-state index in [1.807, 2.05) is 56.3 Å². The molecule has 2 aromatic carbocycles. The maximum absolute atomic E-state index is 14.2. The van der Waals surface area contributed by atoms with Crippen molar-refractivity contribution in [1.82, 2.24) is 14.8 Å². The van der Waals surface area contributed by atoms with Gasteiger partial charge in [-0.05, 0) is 74.5 Å². The van der Waals surface area contributed by atoms with E-state index in [1.54, 1.807) is 18.0 Å². The second-order valence-corrected chi connectivity index (χ2v) is 13.7. The zero-order valence-corrected chi connectivity index (χ0v) is 28.8. The summed E-state index contributed by atoms with van der Waals surface area (Å²) in [5.74, 6) is -1.77. The third kappa shape index (κ3) is 6.76. The highest BCUT2D eigenvalue weighted by molar-refractivity contribution is 6.42. The maximum atomic E-state index is 14.2. The highest BCUT2D eigenvalue weighted by atomic mass is 35.5. The number of amides is 3. The van der Waals surface area contributed by atoms with Gasteiger partial charge in [0.05, 0.1) is 16.9 Å². The first-order valence-electron chi connectivity index (χ1n) is 16.0. The van der Waals surface area contributed by atoms with Gasteiger partial charge in [0, 0.05) is 57.8 Å². The second-order valence-electron chi connectivity index (χ2n) is 13.3. The number of hydrogen-bond donors (Lipinski definition) is 0. The van der Waals surface area contributed by atoms with Crippen LogP contribution in [-0.4, -0.2) is 72.8 Å². The minimum Gasteiger partial charge on any atom is -0.365 e. The molecule has 3 aliphatic rings. The molecule has 3 aliphatic heterocycles. The Labute approximate surface area is 288 Å². The van der Waals surface area contributed by atoms with Crippen LogP contribution in [0.2, 0.25) is 0 Å². The normalized spacial score (nSPS) is 19.7. The summed E-state index contributed by atoms with van der Waals surface area (Å²) < 4.78 is 41.3. The highest BCUT2D eigenvalue weighted by Gasteiger charge is 2.49. The molecule has 3 aromatic rings. The summed E-state index contributed by atoms with van der Waals surface area (Å²) in [6.07, 6.45) is -2.97. The lowest BCUT2D eigenvalue weighted by Crippen LogP contribution is -2.52. The summed E-state index contributed by atoms with van der Waals surface area (Å²) in [4.78, 5) is 53.5. The lowest BCUT2D eigenvalue weighted by Gasteiger charge is -2.39. The number of halogens is 4. The minimum atomic E-state index is -4.64. The van der Waals surface area contributed by atoms with Gasteiger partial charge >= 0.3 is 6.18 Å². The van der Waals surface area contributed by atoms with E-state index in [1.165, 1.54) is 11.8 Å². The van der Waals surface area contributed by atoms with Crippen molar-refractivity contribution in [1.29, 1.82) is 0 Å². The molecule has 4 heterocycles. The summed E-state index contributed by atoms with van der Waals surface area (Å²) in [5.41, 5.74) is 4.59. The summed E-state index contributed by atoms with van der Waals surface area (Å²) >= 11 is 6.34. The van der Waals surface area contributed by atoms with E-state index < -0.39 is 29.6 Å². The van der Waals surface area contributed by atoms with Crippen molar-refractivity contribution in [3.8, 4) is 0 Å². The Morgan fingerprint density at radius 2 is 1.80 bits per heavy atom. The largest absolute Gasteiger partial charge is 0.416 e. The van der Waals surface area contributed by atoms with Crippen molar-refractivity contribution in [2.24, 2.45) is 5.92 Å². The summed E-state index contributed by atoms with van der Waals surface area (Å²) in [6, 6.07) is 12.5. The van der Waals surface area contributed by atoms with Crippen molar-refractivity contribution in [3.63, 3.8) is 0 Å². The lowest BCUT2D eigenvalue weighted by molar-refractivity contribution is -0.137. The van der Waals surface area contributed by atoms with Crippen LogP contribution >= 0.6 is 11.6 Å². The molecule has 9 nitrogen and oxygen atoms in total. The number of nitrogens with zero attached hydrogens (tertiary/aromatic N) is 6. The topological polar surface area (TPSA) is 80.3 Å². The molecule has 3 amide bonds. The van der Waals surface area contributed by atoms with Crippen molar-refractivity contribution in [3.05, 3.63) is 93.2 Å². The Bertz CT molecular complexity index is 1860. The third-order valence-corrected chi connectivity index (χ3v) is 9.69. The third-order valence-electron chi connectivity index (χ3n) is 9.37. The summed E-state index contributed by atoms with van der Waals surface area (Å²) in [7, 11) is 5.43. The first-order chi connectivity index (χ1) is 23.1. The molecule has 0 saturated carbocycles. The zero-order chi connectivity index (χ0) is 35.4. The number of benzene rings is 2. The van der Waals surface area contributed by atoms with Gasteiger partial charge in [-0.15, -0.1) is 0 Å². The van der Waals surface area contributed by atoms with Crippen LogP contribution in [-0.2, 0) is 40.2 Å². The van der Waals surface area contributed by atoms with Gasteiger partial charge in [-0.25, -0.2) is 4.98 Å². The van der Waals surface area contributed by atoms with Gasteiger partial charge in [-0.1, -0.05) is 41.9 Å². The van der Waals surface area contributed by atoms with E-state index in [2.05, 4.69) is 16.0 Å². The van der Waals surface area contributed by atoms with Gasteiger partial charge in [0.1, 0.15) is 16.9 Å². The highest BCUT2D eigenvalue weighted by Crippen LogP contribution is 2.42. The van der Waals surface area contributed by atoms with Crippen molar-refractivity contribution >= 4 is 46.5 Å². The van der Waals surface area contributed by atoms with Crippen molar-refractivity contribution < 1.29 is 27.6 Å². The first kappa shape index (κ1) is 34.4. The Balaban J connectivity index is 1.32. The number of likely N-dealkylation sites (N-methyl/N-ethyl adjacent to an activating group) is 2. The van der Waals surface area contributed by atoms with Gasteiger partial charge in [-0.2, -0.15) is 13.2 Å². The standard InChI is InChI=1S/C36H38ClF3N6O3/c1-21-7-6-8-29-32(21)44(17-23-9-10-24-18-45(19-25(24)14-23)34(48)28(37)11-12-42(3)4)20-26-15-31(47)46(33(26)35(49)43(29)5)30-16-27(36(38,39)40)13-22(2)41-30/h6-11,13-14,16,26,33H,12,15,17-20H2,1-5H3/b28-11-/t26-,33+/m1/s1. The van der Waals surface area contributed by atoms with Crippen LogP contribution in [0.15, 0.2) is 59.6 Å². The van der Waals surface area contributed by atoms with E-state index in [9.17, 15) is 27.6 Å². The van der Waals surface area contributed by atoms with Crippen LogP contribution in [0, 0.1) is 19.8 Å². The number of aryl methyl sites for hydroxylation is 2. The fourth-order valence-corrected chi connectivity index (χ4v) is 7.25. The smallest absolute Gasteiger partial charge is 0.365 e. The van der Waals surface area contributed by atoms with Gasteiger partial charge in [0.2, 0.25) is 11.8 Å². The molecular formula is C36H38ClF3N6O3. The molecule has 0 unspecified atom stereocenters. The van der Waals surface area contributed by atoms with Crippen LogP contribution in [0.1, 0.15) is 39.9 Å². The Hall–Kier alpha value is -4.42. The molecule has 258 valence electrons. The molecule has 13 heteroatoms. The molecule has 0 spiro atoms. The molecule has 1 fully saturated rings. The average Bonchev–Trinajstić information content (AvgIpc) is 3.60. The second kappa shape index (κ2) is 13.1. The maximum Gasteiger partial charge on any atom is 0.416 e. The molecular weight excluding hydrogens is 657 g/mol. The van der Waals surface area contributed by atoms with Gasteiger partial charge in [0.15, 0.2) is 0 Å². The summed E-state index contributed by atoms with van der Waals surface area (Å²) in [6.45, 7) is 5.55. The number of fused-ring (bicyclic) bond motifs is 3. The number of hydrogen-bond acceptors (Lipinski definition) is 6. The molecule has 1 saturated heterocycles. The average molecular weight is 695 g/mol. The molecule has 1 aromatic heterocycles. The molecule has 49 heavy (non-hydrogen) atoms.